The van der Waals surface area contributed by atoms with E-state index in [2.05, 4.69) is 20.6 Å². The van der Waals surface area contributed by atoms with E-state index >= 15 is 0 Å². The maximum atomic E-state index is 12.1. The number of piperazine rings is 1. The van der Waals surface area contributed by atoms with E-state index in [1.54, 1.807) is 18.4 Å². The molecule has 0 aliphatic carbocycles. The Labute approximate surface area is 123 Å². The molecule has 2 amide bonds. The van der Waals surface area contributed by atoms with Crippen LogP contribution in [0.25, 0.3) is 0 Å². The van der Waals surface area contributed by atoms with Crippen molar-refractivity contribution in [1.82, 2.24) is 15.2 Å². The Morgan fingerprint density at radius 3 is 2.75 bits per heavy atom. The van der Waals surface area contributed by atoms with Gasteiger partial charge in [0.25, 0.3) is 0 Å². The summed E-state index contributed by atoms with van der Waals surface area (Å²) in [6.45, 7) is 7.59. The van der Waals surface area contributed by atoms with Gasteiger partial charge >= 0.3 is 6.03 Å². The zero-order chi connectivity index (χ0) is 14.5. The molecule has 1 saturated heterocycles. The molecule has 6 nitrogen and oxygen atoms in total. The second-order valence-corrected chi connectivity index (χ2v) is 5.89. The Balaban J connectivity index is 1.80. The highest BCUT2D eigenvalue weighted by Gasteiger charge is 2.23. The molecule has 0 saturated carbocycles. The summed E-state index contributed by atoms with van der Waals surface area (Å²) in [5.74, 6) is 0. The second kappa shape index (κ2) is 6.90. The molecular weight excluding hydrogens is 276 g/mol. The van der Waals surface area contributed by atoms with Crippen LogP contribution in [0.1, 0.15) is 12.6 Å². The predicted molar refractivity (Wildman–Crippen MR) is 80.5 cm³/mol. The van der Waals surface area contributed by atoms with Crippen molar-refractivity contribution in [3.63, 3.8) is 0 Å². The van der Waals surface area contributed by atoms with Gasteiger partial charge < -0.3 is 19.9 Å². The van der Waals surface area contributed by atoms with E-state index < -0.39 is 0 Å². The van der Waals surface area contributed by atoms with E-state index in [0.717, 1.165) is 37.0 Å². The fourth-order valence-electron chi connectivity index (χ4n) is 2.18. The summed E-state index contributed by atoms with van der Waals surface area (Å²) in [5.41, 5.74) is 1.05. The molecule has 1 atom stereocenters. The van der Waals surface area contributed by atoms with E-state index in [0.29, 0.717) is 6.61 Å². The molecule has 1 aliphatic rings. The van der Waals surface area contributed by atoms with Crippen LogP contribution in [0.15, 0.2) is 5.38 Å². The maximum Gasteiger partial charge on any atom is 0.317 e. The van der Waals surface area contributed by atoms with Gasteiger partial charge in [0, 0.05) is 38.7 Å². The van der Waals surface area contributed by atoms with Crippen LogP contribution in [0.3, 0.4) is 0 Å². The van der Waals surface area contributed by atoms with Crippen molar-refractivity contribution in [3.8, 4) is 0 Å². The van der Waals surface area contributed by atoms with Crippen molar-refractivity contribution in [2.24, 2.45) is 0 Å². The molecule has 0 bridgehead atoms. The van der Waals surface area contributed by atoms with Crippen LogP contribution in [0.5, 0.6) is 0 Å². The maximum absolute atomic E-state index is 12.1. The minimum absolute atomic E-state index is 0.00970. The largest absolute Gasteiger partial charge is 0.383 e. The van der Waals surface area contributed by atoms with Crippen LogP contribution in [0, 0.1) is 6.92 Å². The summed E-state index contributed by atoms with van der Waals surface area (Å²) in [6.07, 6.45) is 0. The van der Waals surface area contributed by atoms with Crippen LogP contribution in [0.4, 0.5) is 9.93 Å². The Kier molecular flexibility index (Phi) is 5.19. The summed E-state index contributed by atoms with van der Waals surface area (Å²) >= 11 is 1.66. The van der Waals surface area contributed by atoms with E-state index in [4.69, 9.17) is 4.74 Å². The number of hydrogen-bond acceptors (Lipinski definition) is 5. The SMILES string of the molecule is COC[C@@H](C)NC(=O)N1CCN(c2nc(C)cs2)CC1. The number of urea groups is 1. The highest BCUT2D eigenvalue weighted by atomic mass is 32.1. The summed E-state index contributed by atoms with van der Waals surface area (Å²) < 4.78 is 5.02. The monoisotopic (exact) mass is 298 g/mol. The Hall–Kier alpha value is -1.34. The van der Waals surface area contributed by atoms with Crippen molar-refractivity contribution in [1.29, 1.82) is 0 Å². The van der Waals surface area contributed by atoms with Crippen molar-refractivity contribution in [2.45, 2.75) is 19.9 Å². The topological polar surface area (TPSA) is 57.7 Å². The van der Waals surface area contributed by atoms with Crippen molar-refractivity contribution < 1.29 is 9.53 Å². The molecule has 1 aromatic rings. The number of aryl methyl sites for hydroxylation is 1. The van der Waals surface area contributed by atoms with Gasteiger partial charge in [-0.3, -0.25) is 0 Å². The predicted octanol–water partition coefficient (Wildman–Crippen LogP) is 1.32. The van der Waals surface area contributed by atoms with Crippen LogP contribution < -0.4 is 10.2 Å². The van der Waals surface area contributed by atoms with E-state index in [-0.39, 0.29) is 12.1 Å². The molecule has 0 unspecified atom stereocenters. The molecule has 1 fully saturated rings. The standard InChI is InChI=1S/C13H22N4O2S/c1-10(8-19-3)14-12(18)16-4-6-17(7-5-16)13-15-11(2)9-20-13/h9-10H,4-8H2,1-3H3,(H,14,18)/t10-/m1/s1. The number of methoxy groups -OCH3 is 1. The molecule has 7 heteroatoms. The van der Waals surface area contributed by atoms with Crippen molar-refractivity contribution in [3.05, 3.63) is 11.1 Å². The lowest BCUT2D eigenvalue weighted by Gasteiger charge is -2.35. The lowest BCUT2D eigenvalue weighted by atomic mass is 10.3. The first-order valence-corrected chi connectivity index (χ1v) is 7.69. The number of thiazole rings is 1. The average Bonchev–Trinajstić information content (AvgIpc) is 2.86. The number of amides is 2. The molecule has 1 N–H and O–H groups in total. The number of anilines is 1. The van der Waals surface area contributed by atoms with Crippen molar-refractivity contribution >= 4 is 22.5 Å². The lowest BCUT2D eigenvalue weighted by Crippen LogP contribution is -2.53. The van der Waals surface area contributed by atoms with E-state index in [9.17, 15) is 4.79 Å². The van der Waals surface area contributed by atoms with E-state index in [1.165, 1.54) is 0 Å². The molecular formula is C13H22N4O2S. The van der Waals surface area contributed by atoms with Gasteiger partial charge in [0.15, 0.2) is 5.13 Å². The summed E-state index contributed by atoms with van der Waals surface area (Å²) in [6, 6.07) is 0.0247. The van der Waals surface area contributed by atoms with Gasteiger partial charge in [0.05, 0.1) is 18.3 Å². The first-order chi connectivity index (χ1) is 9.60. The number of nitrogens with one attached hydrogen (secondary N) is 1. The highest BCUT2D eigenvalue weighted by Crippen LogP contribution is 2.21. The molecule has 2 rings (SSSR count). The fourth-order valence-corrected chi connectivity index (χ4v) is 3.04. The Bertz CT molecular complexity index is 443. The van der Waals surface area contributed by atoms with Gasteiger partial charge in [-0.1, -0.05) is 0 Å². The number of nitrogens with zero attached hydrogens (tertiary/aromatic N) is 3. The van der Waals surface area contributed by atoms with E-state index in [1.807, 2.05) is 18.7 Å². The Morgan fingerprint density at radius 2 is 2.20 bits per heavy atom. The van der Waals surface area contributed by atoms with Crippen LogP contribution in [0.2, 0.25) is 0 Å². The quantitative estimate of drug-likeness (QED) is 0.911. The third kappa shape index (κ3) is 3.83. The number of carbonyl (C=O) groups excluding carboxylic acids is 1. The second-order valence-electron chi connectivity index (χ2n) is 5.05. The molecule has 2 heterocycles. The number of hydrogen-bond donors (Lipinski definition) is 1. The number of rotatable bonds is 4. The molecule has 112 valence electrons. The molecule has 20 heavy (non-hydrogen) atoms. The number of aromatic nitrogens is 1. The summed E-state index contributed by atoms with van der Waals surface area (Å²) in [5, 5.41) is 6.05. The number of carbonyl (C=O) groups is 1. The molecule has 1 aromatic heterocycles. The molecule has 0 spiro atoms. The van der Waals surface area contributed by atoms with Gasteiger partial charge in [-0.05, 0) is 13.8 Å². The smallest absolute Gasteiger partial charge is 0.317 e. The highest BCUT2D eigenvalue weighted by molar-refractivity contribution is 7.13. The van der Waals surface area contributed by atoms with Gasteiger partial charge in [0.1, 0.15) is 0 Å². The fraction of sp³-hybridized carbons (Fsp3) is 0.692. The van der Waals surface area contributed by atoms with Gasteiger partial charge in [-0.25, -0.2) is 9.78 Å². The summed E-state index contributed by atoms with van der Waals surface area (Å²) in [7, 11) is 1.64. The van der Waals surface area contributed by atoms with Gasteiger partial charge in [0.2, 0.25) is 0 Å². The first kappa shape index (κ1) is 15.1. The normalized spacial score (nSPS) is 17.1. The molecule has 0 radical (unpaired) electrons. The molecule has 0 aromatic carbocycles. The lowest BCUT2D eigenvalue weighted by molar-refractivity contribution is 0.158. The van der Waals surface area contributed by atoms with Gasteiger partial charge in [-0.2, -0.15) is 0 Å². The van der Waals surface area contributed by atoms with Crippen LogP contribution in [-0.4, -0.2) is 61.9 Å². The summed E-state index contributed by atoms with van der Waals surface area (Å²) in [4.78, 5) is 20.6. The van der Waals surface area contributed by atoms with Gasteiger partial charge in [-0.15, -0.1) is 11.3 Å². The van der Waals surface area contributed by atoms with Crippen molar-refractivity contribution in [2.75, 3.05) is 44.8 Å². The third-order valence-electron chi connectivity index (χ3n) is 3.23. The zero-order valence-corrected chi connectivity index (χ0v) is 13.1. The Morgan fingerprint density at radius 1 is 1.50 bits per heavy atom. The minimum atomic E-state index is -0.00970. The molecule has 1 aliphatic heterocycles. The average molecular weight is 298 g/mol. The number of ether oxygens (including phenoxy) is 1. The third-order valence-corrected chi connectivity index (χ3v) is 4.25. The first-order valence-electron chi connectivity index (χ1n) is 6.81. The zero-order valence-electron chi connectivity index (χ0n) is 12.3. The minimum Gasteiger partial charge on any atom is -0.383 e. The van der Waals surface area contributed by atoms with Crippen LogP contribution >= 0.6 is 11.3 Å². The van der Waals surface area contributed by atoms with Crippen LogP contribution in [-0.2, 0) is 4.74 Å².